The molecule has 3 aromatic carbocycles. The van der Waals surface area contributed by atoms with Crippen LogP contribution in [0, 0.1) is 0 Å². The summed E-state index contributed by atoms with van der Waals surface area (Å²) in [6, 6.07) is 25.4. The molecule has 0 aliphatic carbocycles. The lowest BCUT2D eigenvalue weighted by atomic mass is 10.0. The summed E-state index contributed by atoms with van der Waals surface area (Å²) in [5.74, 6) is 0. The summed E-state index contributed by atoms with van der Waals surface area (Å²) in [6.07, 6.45) is 0.846. The van der Waals surface area contributed by atoms with Crippen LogP contribution in [0.3, 0.4) is 0 Å². The predicted octanol–water partition coefficient (Wildman–Crippen LogP) is 5.74. The molecule has 4 rings (SSSR count). The summed E-state index contributed by atoms with van der Waals surface area (Å²) in [6.45, 7) is 0. The summed E-state index contributed by atoms with van der Waals surface area (Å²) >= 11 is 3.49. The van der Waals surface area contributed by atoms with Crippen molar-refractivity contribution >= 4 is 37.6 Å². The Labute approximate surface area is 137 Å². The van der Waals surface area contributed by atoms with Crippen molar-refractivity contribution in [2.24, 2.45) is 0 Å². The number of pyridine rings is 1. The van der Waals surface area contributed by atoms with Gasteiger partial charge in [-0.25, -0.2) is 0 Å². The molecule has 106 valence electrons. The Balaban J connectivity index is 1.93. The largest absolute Gasteiger partial charge is 0.252 e. The Morgan fingerprint density at radius 3 is 2.09 bits per heavy atom. The van der Waals surface area contributed by atoms with E-state index in [-0.39, 0.29) is 0 Å². The molecule has 0 saturated heterocycles. The number of rotatable bonds is 2. The van der Waals surface area contributed by atoms with E-state index in [0.29, 0.717) is 0 Å². The first kappa shape index (κ1) is 13.5. The van der Waals surface area contributed by atoms with Gasteiger partial charge in [0.1, 0.15) is 0 Å². The molecule has 0 aliphatic heterocycles. The van der Waals surface area contributed by atoms with Gasteiger partial charge in [-0.05, 0) is 29.1 Å². The first-order chi connectivity index (χ1) is 10.8. The van der Waals surface area contributed by atoms with Gasteiger partial charge < -0.3 is 0 Å². The highest BCUT2D eigenvalue weighted by atomic mass is 79.9. The van der Waals surface area contributed by atoms with Crippen molar-refractivity contribution < 1.29 is 0 Å². The van der Waals surface area contributed by atoms with Gasteiger partial charge in [0.15, 0.2) is 0 Å². The van der Waals surface area contributed by atoms with Crippen LogP contribution in [-0.4, -0.2) is 4.98 Å². The summed E-state index contributed by atoms with van der Waals surface area (Å²) in [7, 11) is 0. The van der Waals surface area contributed by atoms with E-state index in [0.717, 1.165) is 22.1 Å². The zero-order valence-electron chi connectivity index (χ0n) is 12.0. The van der Waals surface area contributed by atoms with Gasteiger partial charge in [0.25, 0.3) is 0 Å². The fourth-order valence-corrected chi connectivity index (χ4v) is 3.17. The molecular formula is C20H14BrN. The Kier molecular flexibility index (Phi) is 3.39. The third-order valence-electron chi connectivity index (χ3n) is 3.97. The Morgan fingerprint density at radius 1 is 0.682 bits per heavy atom. The molecule has 0 unspecified atom stereocenters. The molecule has 0 aliphatic rings. The standard InChI is InChI=1S/C20H14BrN/c21-15-11-9-14(10-12-15)13-20-18-7-2-1-5-16(18)17-6-3-4-8-19(17)22-20/h1-12H,13H2. The SMILES string of the molecule is Brc1ccc(Cc2nc3ccccc3c3ccccc23)cc1. The van der Waals surface area contributed by atoms with Crippen LogP contribution < -0.4 is 0 Å². The van der Waals surface area contributed by atoms with E-state index in [1.807, 2.05) is 6.07 Å². The number of fused-ring (bicyclic) bond motifs is 3. The van der Waals surface area contributed by atoms with Crippen LogP contribution >= 0.6 is 15.9 Å². The number of halogens is 1. The molecule has 1 heterocycles. The lowest BCUT2D eigenvalue weighted by Gasteiger charge is -2.10. The predicted molar refractivity (Wildman–Crippen MR) is 96.2 cm³/mol. The second kappa shape index (κ2) is 5.54. The van der Waals surface area contributed by atoms with Crippen molar-refractivity contribution in [3.8, 4) is 0 Å². The Bertz CT molecular complexity index is 958. The molecule has 0 fully saturated rings. The van der Waals surface area contributed by atoms with Crippen LogP contribution in [0.2, 0.25) is 0 Å². The zero-order chi connectivity index (χ0) is 14.9. The minimum atomic E-state index is 0.846. The fraction of sp³-hybridized carbons (Fsp3) is 0.0500. The molecule has 0 saturated carbocycles. The van der Waals surface area contributed by atoms with E-state index in [2.05, 4.69) is 82.7 Å². The van der Waals surface area contributed by atoms with Gasteiger partial charge in [-0.1, -0.05) is 70.5 Å². The van der Waals surface area contributed by atoms with E-state index in [1.54, 1.807) is 0 Å². The number of para-hydroxylation sites is 1. The van der Waals surface area contributed by atoms with Gasteiger partial charge in [-0.15, -0.1) is 0 Å². The maximum Gasteiger partial charge on any atom is 0.0711 e. The van der Waals surface area contributed by atoms with Crippen LogP contribution in [0.25, 0.3) is 21.7 Å². The highest BCUT2D eigenvalue weighted by molar-refractivity contribution is 9.10. The van der Waals surface area contributed by atoms with Gasteiger partial charge in [0.2, 0.25) is 0 Å². The van der Waals surface area contributed by atoms with E-state index < -0.39 is 0 Å². The van der Waals surface area contributed by atoms with Gasteiger partial charge in [0, 0.05) is 21.7 Å². The average molecular weight is 348 g/mol. The van der Waals surface area contributed by atoms with Crippen molar-refractivity contribution in [3.63, 3.8) is 0 Å². The molecular weight excluding hydrogens is 334 g/mol. The van der Waals surface area contributed by atoms with Crippen LogP contribution in [0.5, 0.6) is 0 Å². The highest BCUT2D eigenvalue weighted by Crippen LogP contribution is 2.27. The number of nitrogens with zero attached hydrogens (tertiary/aromatic N) is 1. The van der Waals surface area contributed by atoms with E-state index in [9.17, 15) is 0 Å². The molecule has 0 spiro atoms. The molecule has 0 amide bonds. The quantitative estimate of drug-likeness (QED) is 0.421. The topological polar surface area (TPSA) is 12.9 Å². The summed E-state index contributed by atoms with van der Waals surface area (Å²) < 4.78 is 1.10. The van der Waals surface area contributed by atoms with Crippen molar-refractivity contribution in [1.29, 1.82) is 0 Å². The maximum absolute atomic E-state index is 4.91. The van der Waals surface area contributed by atoms with Crippen molar-refractivity contribution in [2.45, 2.75) is 6.42 Å². The van der Waals surface area contributed by atoms with Gasteiger partial charge in [0.05, 0.1) is 11.2 Å². The lowest BCUT2D eigenvalue weighted by molar-refractivity contribution is 1.12. The molecule has 0 atom stereocenters. The van der Waals surface area contributed by atoms with Crippen LogP contribution in [0.1, 0.15) is 11.3 Å². The van der Waals surface area contributed by atoms with Crippen LogP contribution in [-0.2, 0) is 6.42 Å². The molecule has 1 nitrogen and oxygen atoms in total. The average Bonchev–Trinajstić information content (AvgIpc) is 2.57. The number of hydrogen-bond acceptors (Lipinski definition) is 1. The summed E-state index contributed by atoms with van der Waals surface area (Å²) in [5, 5.41) is 3.74. The number of aromatic nitrogens is 1. The Morgan fingerprint density at radius 2 is 1.32 bits per heavy atom. The highest BCUT2D eigenvalue weighted by Gasteiger charge is 2.08. The smallest absolute Gasteiger partial charge is 0.0711 e. The van der Waals surface area contributed by atoms with Gasteiger partial charge in [-0.2, -0.15) is 0 Å². The second-order valence-corrected chi connectivity index (χ2v) is 6.34. The fourth-order valence-electron chi connectivity index (χ4n) is 2.90. The minimum absolute atomic E-state index is 0.846. The molecule has 1 aromatic heterocycles. The van der Waals surface area contributed by atoms with E-state index in [4.69, 9.17) is 4.98 Å². The molecule has 4 aromatic rings. The Hall–Kier alpha value is -2.19. The number of benzene rings is 3. The maximum atomic E-state index is 4.91. The first-order valence-electron chi connectivity index (χ1n) is 7.32. The van der Waals surface area contributed by atoms with Crippen LogP contribution in [0.15, 0.2) is 77.3 Å². The summed E-state index contributed by atoms with van der Waals surface area (Å²) in [5.41, 5.74) is 3.47. The van der Waals surface area contributed by atoms with E-state index >= 15 is 0 Å². The molecule has 0 bridgehead atoms. The molecule has 2 heteroatoms. The third-order valence-corrected chi connectivity index (χ3v) is 4.50. The summed E-state index contributed by atoms with van der Waals surface area (Å²) in [4.78, 5) is 4.91. The normalized spacial score (nSPS) is 11.1. The van der Waals surface area contributed by atoms with E-state index in [1.165, 1.54) is 21.7 Å². The third kappa shape index (κ3) is 2.40. The molecule has 22 heavy (non-hydrogen) atoms. The minimum Gasteiger partial charge on any atom is -0.252 e. The van der Waals surface area contributed by atoms with Crippen LogP contribution in [0.4, 0.5) is 0 Å². The second-order valence-electron chi connectivity index (χ2n) is 5.42. The molecule has 0 N–H and O–H groups in total. The van der Waals surface area contributed by atoms with Crippen molar-refractivity contribution in [1.82, 2.24) is 4.98 Å². The molecule has 0 radical (unpaired) electrons. The van der Waals surface area contributed by atoms with Crippen molar-refractivity contribution in [2.75, 3.05) is 0 Å². The number of hydrogen-bond donors (Lipinski definition) is 0. The lowest BCUT2D eigenvalue weighted by Crippen LogP contribution is -1.95. The van der Waals surface area contributed by atoms with Crippen molar-refractivity contribution in [3.05, 3.63) is 88.5 Å². The monoisotopic (exact) mass is 347 g/mol. The first-order valence-corrected chi connectivity index (χ1v) is 8.11. The zero-order valence-corrected chi connectivity index (χ0v) is 13.5. The van der Waals surface area contributed by atoms with Gasteiger partial charge >= 0.3 is 0 Å². The van der Waals surface area contributed by atoms with Gasteiger partial charge in [-0.3, -0.25) is 4.98 Å².